The Hall–Kier alpha value is -3.39. The normalized spacial score (nSPS) is 13.8. The Morgan fingerprint density at radius 2 is 1.76 bits per heavy atom. The highest BCUT2D eigenvalue weighted by Crippen LogP contribution is 2.22. The molecule has 2 aromatic carbocycles. The fourth-order valence-electron chi connectivity index (χ4n) is 2.97. The molecule has 1 aliphatic rings. The molecule has 0 saturated carbocycles. The third-order valence-corrected chi connectivity index (χ3v) is 4.64. The lowest BCUT2D eigenvalue weighted by Crippen LogP contribution is -2.21. The van der Waals surface area contributed by atoms with Crippen LogP contribution in [0.1, 0.15) is 18.4 Å². The first-order valence-electron chi connectivity index (χ1n) is 9.28. The number of rotatable bonds is 6. The Kier molecular flexibility index (Phi) is 5.71. The summed E-state index contributed by atoms with van der Waals surface area (Å²) in [6.45, 7) is 1.82. The van der Waals surface area contributed by atoms with Gasteiger partial charge < -0.3 is 15.3 Å². The van der Waals surface area contributed by atoms with Gasteiger partial charge in [-0.05, 0) is 43.2 Å². The third-order valence-electron chi connectivity index (χ3n) is 4.40. The standard InChI is InChI=1S/C20H20ClN7O/c21-15-8-9-17(29)14(12-15)13-22-27-19-24-18(23-16-6-2-1-3-7-16)25-20(26-19)28-10-4-5-11-28/h1-3,6-9,12-13,29H,4-5,10-11H2,(H2,23,24,25,26,27)/b22-13+. The quantitative estimate of drug-likeness (QED) is 0.417. The summed E-state index contributed by atoms with van der Waals surface area (Å²) < 4.78 is 0. The van der Waals surface area contributed by atoms with Crippen LogP contribution < -0.4 is 15.6 Å². The molecular weight excluding hydrogens is 390 g/mol. The first-order valence-corrected chi connectivity index (χ1v) is 9.66. The highest BCUT2D eigenvalue weighted by molar-refractivity contribution is 6.30. The van der Waals surface area contributed by atoms with Crippen LogP contribution in [0.5, 0.6) is 5.75 Å². The van der Waals surface area contributed by atoms with Crippen molar-refractivity contribution in [2.24, 2.45) is 5.10 Å². The van der Waals surface area contributed by atoms with E-state index in [2.05, 4.69) is 35.7 Å². The second-order valence-electron chi connectivity index (χ2n) is 6.54. The number of aromatic nitrogens is 3. The van der Waals surface area contributed by atoms with Crippen LogP contribution in [0.2, 0.25) is 5.02 Å². The Balaban J connectivity index is 1.57. The molecule has 0 spiro atoms. The molecule has 0 radical (unpaired) electrons. The lowest BCUT2D eigenvalue weighted by Gasteiger charge is -2.16. The largest absolute Gasteiger partial charge is 0.507 e. The zero-order chi connectivity index (χ0) is 20.1. The number of aromatic hydroxyl groups is 1. The van der Waals surface area contributed by atoms with E-state index < -0.39 is 0 Å². The molecule has 3 N–H and O–H groups in total. The minimum atomic E-state index is 0.0831. The topological polar surface area (TPSA) is 98.6 Å². The molecule has 3 aromatic rings. The van der Waals surface area contributed by atoms with Gasteiger partial charge in [-0.15, -0.1) is 0 Å². The van der Waals surface area contributed by atoms with Crippen molar-refractivity contribution >= 4 is 41.3 Å². The highest BCUT2D eigenvalue weighted by atomic mass is 35.5. The van der Waals surface area contributed by atoms with E-state index in [1.54, 1.807) is 12.1 Å². The fraction of sp³-hybridized carbons (Fsp3) is 0.200. The van der Waals surface area contributed by atoms with Gasteiger partial charge in [0, 0.05) is 29.4 Å². The molecule has 8 nitrogen and oxygen atoms in total. The summed E-state index contributed by atoms with van der Waals surface area (Å²) in [7, 11) is 0. The summed E-state index contributed by atoms with van der Waals surface area (Å²) in [5, 5.41) is 17.7. The summed E-state index contributed by atoms with van der Waals surface area (Å²) >= 11 is 5.96. The monoisotopic (exact) mass is 409 g/mol. The van der Waals surface area contributed by atoms with Crippen molar-refractivity contribution in [2.75, 3.05) is 28.7 Å². The van der Waals surface area contributed by atoms with E-state index in [9.17, 15) is 5.11 Å². The minimum absolute atomic E-state index is 0.0831. The van der Waals surface area contributed by atoms with E-state index in [0.717, 1.165) is 31.6 Å². The smallest absolute Gasteiger partial charge is 0.250 e. The maximum atomic E-state index is 9.89. The van der Waals surface area contributed by atoms with E-state index in [4.69, 9.17) is 11.6 Å². The number of para-hydroxylation sites is 1. The van der Waals surface area contributed by atoms with Crippen molar-refractivity contribution in [3.8, 4) is 5.75 Å². The number of hydrogen-bond acceptors (Lipinski definition) is 8. The first kappa shape index (κ1) is 18.9. The lowest BCUT2D eigenvalue weighted by atomic mass is 10.2. The molecule has 1 fully saturated rings. The molecule has 1 aromatic heterocycles. The van der Waals surface area contributed by atoms with Crippen molar-refractivity contribution in [1.29, 1.82) is 0 Å². The molecule has 0 atom stereocenters. The van der Waals surface area contributed by atoms with Gasteiger partial charge in [-0.25, -0.2) is 5.43 Å². The lowest BCUT2D eigenvalue weighted by molar-refractivity contribution is 0.474. The van der Waals surface area contributed by atoms with Gasteiger partial charge in [-0.3, -0.25) is 0 Å². The summed E-state index contributed by atoms with van der Waals surface area (Å²) in [4.78, 5) is 15.5. The van der Waals surface area contributed by atoms with Gasteiger partial charge >= 0.3 is 0 Å². The van der Waals surface area contributed by atoms with E-state index in [0.29, 0.717) is 28.4 Å². The van der Waals surface area contributed by atoms with E-state index >= 15 is 0 Å². The maximum Gasteiger partial charge on any atom is 0.250 e. The summed E-state index contributed by atoms with van der Waals surface area (Å²) in [6.07, 6.45) is 3.69. The van der Waals surface area contributed by atoms with E-state index in [-0.39, 0.29) is 5.75 Å². The molecule has 9 heteroatoms. The number of phenols is 1. The molecular formula is C20H20ClN7O. The molecule has 29 heavy (non-hydrogen) atoms. The number of hydrogen-bond donors (Lipinski definition) is 3. The molecule has 1 saturated heterocycles. The summed E-state index contributed by atoms with van der Waals surface area (Å²) in [5.74, 6) is 1.41. The molecule has 2 heterocycles. The Labute approximate surface area is 173 Å². The van der Waals surface area contributed by atoms with Crippen molar-refractivity contribution in [3.63, 3.8) is 0 Å². The number of benzene rings is 2. The van der Waals surface area contributed by atoms with E-state index in [1.165, 1.54) is 12.3 Å². The molecule has 0 aliphatic carbocycles. The van der Waals surface area contributed by atoms with Gasteiger partial charge in [0.05, 0.1) is 6.21 Å². The van der Waals surface area contributed by atoms with Gasteiger partial charge in [0.15, 0.2) is 0 Å². The van der Waals surface area contributed by atoms with Gasteiger partial charge in [-0.1, -0.05) is 29.8 Å². The summed E-state index contributed by atoms with van der Waals surface area (Å²) in [5.41, 5.74) is 4.18. The van der Waals surface area contributed by atoms with Crippen molar-refractivity contribution < 1.29 is 5.11 Å². The maximum absolute atomic E-state index is 9.89. The van der Waals surface area contributed by atoms with Crippen molar-refractivity contribution in [1.82, 2.24) is 15.0 Å². The minimum Gasteiger partial charge on any atom is -0.507 e. The number of phenolic OH excluding ortho intramolecular Hbond substituents is 1. The van der Waals surface area contributed by atoms with Crippen LogP contribution in [0, 0.1) is 0 Å². The molecule has 0 amide bonds. The predicted octanol–water partition coefficient (Wildman–Crippen LogP) is 4.02. The summed E-state index contributed by atoms with van der Waals surface area (Å²) in [6, 6.07) is 14.4. The Morgan fingerprint density at radius 1 is 1.00 bits per heavy atom. The van der Waals surface area contributed by atoms with Crippen LogP contribution >= 0.6 is 11.6 Å². The van der Waals surface area contributed by atoms with Crippen LogP contribution in [-0.2, 0) is 0 Å². The predicted molar refractivity (Wildman–Crippen MR) is 115 cm³/mol. The zero-order valence-electron chi connectivity index (χ0n) is 15.6. The second kappa shape index (κ2) is 8.74. The van der Waals surface area contributed by atoms with Gasteiger partial charge in [0.1, 0.15) is 5.75 Å². The third kappa shape index (κ3) is 4.91. The average Bonchev–Trinajstić information content (AvgIpc) is 3.26. The zero-order valence-corrected chi connectivity index (χ0v) is 16.3. The molecule has 148 valence electrons. The highest BCUT2D eigenvalue weighted by Gasteiger charge is 2.17. The van der Waals surface area contributed by atoms with Gasteiger partial charge in [0.2, 0.25) is 17.8 Å². The van der Waals surface area contributed by atoms with Crippen LogP contribution in [0.4, 0.5) is 23.5 Å². The average molecular weight is 410 g/mol. The molecule has 0 bridgehead atoms. The number of hydrazone groups is 1. The second-order valence-corrected chi connectivity index (χ2v) is 6.98. The number of nitrogens with zero attached hydrogens (tertiary/aromatic N) is 5. The van der Waals surface area contributed by atoms with Crippen LogP contribution in [0.25, 0.3) is 0 Å². The number of halogens is 1. The Morgan fingerprint density at radius 3 is 2.55 bits per heavy atom. The van der Waals surface area contributed by atoms with Gasteiger partial charge in [-0.2, -0.15) is 20.1 Å². The SMILES string of the molecule is Oc1ccc(Cl)cc1/C=N/Nc1nc(Nc2ccccc2)nc(N2CCCC2)n1. The Bertz CT molecular complexity index is 1010. The first-order chi connectivity index (χ1) is 14.2. The van der Waals surface area contributed by atoms with Crippen LogP contribution in [0.3, 0.4) is 0 Å². The number of nitrogens with one attached hydrogen (secondary N) is 2. The fourth-order valence-corrected chi connectivity index (χ4v) is 3.15. The van der Waals surface area contributed by atoms with Gasteiger partial charge in [0.25, 0.3) is 0 Å². The van der Waals surface area contributed by atoms with E-state index in [1.807, 2.05) is 30.3 Å². The van der Waals surface area contributed by atoms with Crippen molar-refractivity contribution in [3.05, 3.63) is 59.1 Å². The number of anilines is 4. The molecule has 4 rings (SSSR count). The molecule has 0 unspecified atom stereocenters. The van der Waals surface area contributed by atoms with Crippen molar-refractivity contribution in [2.45, 2.75) is 12.8 Å². The van der Waals surface area contributed by atoms with Crippen LogP contribution in [-0.4, -0.2) is 39.4 Å². The molecule has 1 aliphatic heterocycles. The van der Waals surface area contributed by atoms with Crippen LogP contribution in [0.15, 0.2) is 53.6 Å².